The third kappa shape index (κ3) is 4.76. The molecule has 8 heteroatoms. The molecular weight excluding hydrogens is 343 g/mol. The van der Waals surface area contributed by atoms with Crippen molar-refractivity contribution in [3.63, 3.8) is 0 Å². The molecule has 0 aliphatic carbocycles. The van der Waals surface area contributed by atoms with Gasteiger partial charge in [-0.2, -0.15) is 0 Å². The van der Waals surface area contributed by atoms with Crippen LogP contribution in [-0.4, -0.2) is 32.9 Å². The lowest BCUT2D eigenvalue weighted by molar-refractivity contribution is 0.292. The van der Waals surface area contributed by atoms with Gasteiger partial charge in [-0.05, 0) is 30.2 Å². The molecule has 1 aromatic carbocycles. The van der Waals surface area contributed by atoms with Crippen molar-refractivity contribution in [3.8, 4) is 0 Å². The highest BCUT2D eigenvalue weighted by atomic mass is 35.5. The van der Waals surface area contributed by atoms with E-state index in [1.165, 1.54) is 23.5 Å². The second-order valence-electron chi connectivity index (χ2n) is 5.20. The Bertz CT molecular complexity index is 562. The number of benzene rings is 1. The summed E-state index contributed by atoms with van der Waals surface area (Å²) in [6, 6.07) is 4.37. The molecular formula is C12H19Cl3N2O2S. The third-order valence-electron chi connectivity index (χ3n) is 2.78. The molecule has 20 heavy (non-hydrogen) atoms. The van der Waals surface area contributed by atoms with Crippen LogP contribution in [0.5, 0.6) is 0 Å². The van der Waals surface area contributed by atoms with Crippen LogP contribution in [0.15, 0.2) is 23.1 Å². The van der Waals surface area contributed by atoms with Gasteiger partial charge in [-0.15, -0.1) is 12.4 Å². The van der Waals surface area contributed by atoms with Crippen LogP contribution in [0.1, 0.15) is 13.8 Å². The Labute approximate surface area is 136 Å². The van der Waals surface area contributed by atoms with Gasteiger partial charge in [0.1, 0.15) is 4.90 Å². The predicted octanol–water partition coefficient (Wildman–Crippen LogP) is 3.02. The second kappa shape index (κ2) is 7.29. The lowest BCUT2D eigenvalue weighted by Crippen LogP contribution is -2.39. The Morgan fingerprint density at radius 2 is 1.85 bits per heavy atom. The highest BCUT2D eigenvalue weighted by Gasteiger charge is 2.28. The molecule has 2 N–H and O–H groups in total. The number of nitrogens with zero attached hydrogens (tertiary/aromatic N) is 1. The van der Waals surface area contributed by atoms with Gasteiger partial charge in [0.05, 0.1) is 5.02 Å². The SMILES string of the molecule is CN(CC(C)(C)CN)S(=O)(=O)c1cc(Cl)ccc1Cl.Cl. The third-order valence-corrected chi connectivity index (χ3v) is 5.30. The Balaban J connectivity index is 0.00000361. The van der Waals surface area contributed by atoms with Crippen molar-refractivity contribution in [1.82, 2.24) is 4.31 Å². The van der Waals surface area contributed by atoms with Crippen LogP contribution in [0.3, 0.4) is 0 Å². The van der Waals surface area contributed by atoms with Gasteiger partial charge in [-0.25, -0.2) is 12.7 Å². The fraction of sp³-hybridized carbons (Fsp3) is 0.500. The number of halogens is 3. The van der Waals surface area contributed by atoms with Crippen molar-refractivity contribution in [3.05, 3.63) is 28.2 Å². The first-order chi connectivity index (χ1) is 8.60. The first-order valence-electron chi connectivity index (χ1n) is 5.71. The van der Waals surface area contributed by atoms with E-state index in [1.54, 1.807) is 6.07 Å². The molecule has 1 aromatic rings. The van der Waals surface area contributed by atoms with E-state index < -0.39 is 10.0 Å². The average molecular weight is 362 g/mol. The van der Waals surface area contributed by atoms with Crippen LogP contribution >= 0.6 is 35.6 Å². The largest absolute Gasteiger partial charge is 0.330 e. The highest BCUT2D eigenvalue weighted by molar-refractivity contribution is 7.89. The van der Waals surface area contributed by atoms with Crippen LogP contribution in [0.2, 0.25) is 10.0 Å². The van der Waals surface area contributed by atoms with Crippen molar-refractivity contribution in [1.29, 1.82) is 0 Å². The quantitative estimate of drug-likeness (QED) is 0.876. The minimum absolute atomic E-state index is 0. The zero-order chi connectivity index (χ0) is 14.8. The van der Waals surface area contributed by atoms with Crippen molar-refractivity contribution in [2.45, 2.75) is 18.7 Å². The second-order valence-corrected chi connectivity index (χ2v) is 8.06. The van der Waals surface area contributed by atoms with Gasteiger partial charge in [0.2, 0.25) is 10.0 Å². The van der Waals surface area contributed by atoms with Crippen molar-refractivity contribution in [2.24, 2.45) is 11.1 Å². The summed E-state index contributed by atoms with van der Waals surface area (Å²) in [4.78, 5) is 0.0111. The molecule has 0 fully saturated rings. The molecule has 0 saturated carbocycles. The first kappa shape index (κ1) is 20.0. The molecule has 0 aromatic heterocycles. The van der Waals surface area contributed by atoms with Gasteiger partial charge in [0.25, 0.3) is 0 Å². The first-order valence-corrected chi connectivity index (χ1v) is 7.91. The number of hydrogen-bond acceptors (Lipinski definition) is 3. The zero-order valence-electron chi connectivity index (χ0n) is 11.6. The van der Waals surface area contributed by atoms with E-state index in [-0.39, 0.29) is 27.7 Å². The summed E-state index contributed by atoms with van der Waals surface area (Å²) >= 11 is 11.8. The summed E-state index contributed by atoms with van der Waals surface area (Å²) in [5.41, 5.74) is 5.31. The van der Waals surface area contributed by atoms with E-state index >= 15 is 0 Å². The zero-order valence-corrected chi connectivity index (χ0v) is 14.7. The Morgan fingerprint density at radius 3 is 2.35 bits per heavy atom. The molecule has 0 aliphatic rings. The molecule has 0 bridgehead atoms. The fourth-order valence-electron chi connectivity index (χ4n) is 1.60. The predicted molar refractivity (Wildman–Crippen MR) is 86.4 cm³/mol. The lowest BCUT2D eigenvalue weighted by Gasteiger charge is -2.28. The Kier molecular flexibility index (Phi) is 7.28. The monoisotopic (exact) mass is 360 g/mol. The van der Waals surface area contributed by atoms with E-state index in [1.807, 2.05) is 13.8 Å². The summed E-state index contributed by atoms with van der Waals surface area (Å²) < 4.78 is 26.1. The van der Waals surface area contributed by atoms with Crippen LogP contribution in [0.25, 0.3) is 0 Å². The standard InChI is InChI=1S/C12H18Cl2N2O2S.ClH/c1-12(2,7-15)8-16(3)19(17,18)11-6-9(13)4-5-10(11)14;/h4-6H,7-8,15H2,1-3H3;1H. The fourth-order valence-corrected chi connectivity index (χ4v) is 3.69. The molecule has 0 amide bonds. The molecule has 4 nitrogen and oxygen atoms in total. The van der Waals surface area contributed by atoms with Crippen LogP contribution < -0.4 is 5.73 Å². The minimum Gasteiger partial charge on any atom is -0.330 e. The van der Waals surface area contributed by atoms with Crippen LogP contribution in [0, 0.1) is 5.41 Å². The molecule has 0 unspecified atom stereocenters. The number of rotatable bonds is 5. The summed E-state index contributed by atoms with van der Waals surface area (Å²) in [5, 5.41) is 0.483. The molecule has 0 spiro atoms. The Morgan fingerprint density at radius 1 is 1.30 bits per heavy atom. The molecule has 0 atom stereocenters. The molecule has 0 heterocycles. The molecule has 0 saturated heterocycles. The van der Waals surface area contributed by atoms with E-state index in [4.69, 9.17) is 28.9 Å². The Hall–Kier alpha value is -0.0400. The van der Waals surface area contributed by atoms with Crippen molar-refractivity contribution in [2.75, 3.05) is 20.1 Å². The van der Waals surface area contributed by atoms with Gasteiger partial charge in [0, 0.05) is 18.6 Å². The van der Waals surface area contributed by atoms with Gasteiger partial charge >= 0.3 is 0 Å². The maximum absolute atomic E-state index is 12.4. The van der Waals surface area contributed by atoms with E-state index in [0.29, 0.717) is 18.1 Å². The average Bonchev–Trinajstić information content (AvgIpc) is 2.31. The van der Waals surface area contributed by atoms with E-state index in [0.717, 1.165) is 0 Å². The normalized spacial score (nSPS) is 12.3. The van der Waals surface area contributed by atoms with Gasteiger partial charge < -0.3 is 5.73 Å². The summed E-state index contributed by atoms with van der Waals surface area (Å²) in [5.74, 6) is 0. The maximum atomic E-state index is 12.4. The van der Waals surface area contributed by atoms with Crippen molar-refractivity contribution >= 4 is 45.6 Å². The number of sulfonamides is 1. The molecule has 0 aliphatic heterocycles. The summed E-state index contributed by atoms with van der Waals surface area (Å²) in [6.45, 7) is 4.49. The lowest BCUT2D eigenvalue weighted by atomic mass is 9.94. The van der Waals surface area contributed by atoms with Gasteiger partial charge in [-0.1, -0.05) is 37.0 Å². The number of hydrogen-bond donors (Lipinski definition) is 1. The van der Waals surface area contributed by atoms with E-state index in [9.17, 15) is 8.42 Å². The minimum atomic E-state index is -3.67. The maximum Gasteiger partial charge on any atom is 0.244 e. The molecule has 1 rings (SSSR count). The van der Waals surface area contributed by atoms with Gasteiger partial charge in [0.15, 0.2) is 0 Å². The smallest absolute Gasteiger partial charge is 0.244 e. The molecule has 0 radical (unpaired) electrons. The number of nitrogens with two attached hydrogens (primary N) is 1. The van der Waals surface area contributed by atoms with E-state index in [2.05, 4.69) is 0 Å². The molecule has 116 valence electrons. The summed E-state index contributed by atoms with van der Waals surface area (Å²) in [6.07, 6.45) is 0. The summed E-state index contributed by atoms with van der Waals surface area (Å²) in [7, 11) is -2.17. The van der Waals surface area contributed by atoms with Crippen molar-refractivity contribution < 1.29 is 8.42 Å². The van der Waals surface area contributed by atoms with Crippen LogP contribution in [0.4, 0.5) is 0 Å². The van der Waals surface area contributed by atoms with Gasteiger partial charge in [-0.3, -0.25) is 0 Å². The van der Waals surface area contributed by atoms with Crippen LogP contribution in [-0.2, 0) is 10.0 Å². The topological polar surface area (TPSA) is 63.4 Å². The highest BCUT2D eigenvalue weighted by Crippen LogP contribution is 2.28.